The van der Waals surface area contributed by atoms with Gasteiger partial charge in [-0.15, -0.1) is 0 Å². The van der Waals surface area contributed by atoms with E-state index in [0.717, 1.165) is 23.8 Å². The van der Waals surface area contributed by atoms with Crippen LogP contribution < -0.4 is 9.47 Å². The molecule has 0 saturated carbocycles. The molecule has 0 atom stereocenters. The summed E-state index contributed by atoms with van der Waals surface area (Å²) in [5.41, 5.74) is 3.86. The Kier molecular flexibility index (Phi) is 4.36. The lowest BCUT2D eigenvalue weighted by atomic mass is 10.2. The van der Waals surface area contributed by atoms with Crippen LogP contribution >= 0.6 is 0 Å². The zero-order chi connectivity index (χ0) is 17.9. The van der Waals surface area contributed by atoms with Gasteiger partial charge in [-0.2, -0.15) is 0 Å². The van der Waals surface area contributed by atoms with Crippen LogP contribution in [0.1, 0.15) is 11.3 Å². The molecule has 5 rings (SSSR count). The summed E-state index contributed by atoms with van der Waals surface area (Å²) in [7, 11) is 1.69. The van der Waals surface area contributed by atoms with Crippen molar-refractivity contribution in [2.45, 2.75) is 13.5 Å². The van der Waals surface area contributed by atoms with Crippen molar-refractivity contribution in [2.24, 2.45) is 0 Å². The zero-order valence-electron chi connectivity index (χ0n) is 15.0. The average molecular weight is 343 g/mol. The Morgan fingerprint density at radius 1 is 0.846 bits per heavy atom. The molecule has 0 amide bonds. The molecule has 2 heterocycles. The second kappa shape index (κ2) is 6.96. The fourth-order valence-electron chi connectivity index (χ4n) is 3.08. The summed E-state index contributed by atoms with van der Waals surface area (Å²) in [4.78, 5) is 0. The van der Waals surface area contributed by atoms with Gasteiger partial charge in [-0.25, -0.2) is 0 Å². The van der Waals surface area contributed by atoms with E-state index in [2.05, 4.69) is 54.0 Å². The van der Waals surface area contributed by atoms with Crippen molar-refractivity contribution in [1.82, 2.24) is 4.57 Å². The Morgan fingerprint density at radius 2 is 1.50 bits per heavy atom. The first-order valence-corrected chi connectivity index (χ1v) is 8.69. The van der Waals surface area contributed by atoms with Gasteiger partial charge in [0.05, 0.1) is 7.11 Å². The van der Waals surface area contributed by atoms with Crippen LogP contribution in [0.2, 0.25) is 0 Å². The molecule has 0 N–H and O–H groups in total. The number of para-hydroxylation sites is 3. The van der Waals surface area contributed by atoms with Crippen molar-refractivity contribution in [3.05, 3.63) is 90.1 Å². The maximum atomic E-state index is 5.19. The van der Waals surface area contributed by atoms with E-state index in [4.69, 9.17) is 9.47 Å². The lowest BCUT2D eigenvalue weighted by Gasteiger charge is -2.09. The quantitative estimate of drug-likeness (QED) is 0.387. The summed E-state index contributed by atoms with van der Waals surface area (Å²) < 4.78 is 12.5. The predicted molar refractivity (Wildman–Crippen MR) is 105 cm³/mol. The van der Waals surface area contributed by atoms with Crippen molar-refractivity contribution in [1.29, 1.82) is 0 Å². The van der Waals surface area contributed by atoms with Gasteiger partial charge in [-0.05, 0) is 54.3 Å². The molecule has 1 aliphatic rings. The first-order valence-electron chi connectivity index (χ1n) is 8.69. The van der Waals surface area contributed by atoms with Crippen LogP contribution in [0.5, 0.6) is 17.2 Å². The number of nitrogens with zero attached hydrogens (tertiary/aromatic N) is 1. The molecular formula is C23H21NO2. The summed E-state index contributed by atoms with van der Waals surface area (Å²) >= 11 is 0. The smallest absolute Gasteiger partial charge is 0.170 e. The number of hydrogen-bond donors (Lipinski definition) is 0. The second-order valence-corrected chi connectivity index (χ2v) is 6.33. The van der Waals surface area contributed by atoms with Gasteiger partial charge in [-0.1, -0.05) is 42.5 Å². The van der Waals surface area contributed by atoms with Gasteiger partial charge < -0.3 is 14.0 Å². The van der Waals surface area contributed by atoms with Crippen LogP contribution in [0.15, 0.2) is 78.9 Å². The predicted octanol–water partition coefficient (Wildman–Crippen LogP) is 5.80. The third-order valence-corrected chi connectivity index (χ3v) is 4.54. The summed E-state index contributed by atoms with van der Waals surface area (Å²) in [6.07, 6.45) is 0. The van der Waals surface area contributed by atoms with Crippen molar-refractivity contribution < 1.29 is 9.47 Å². The van der Waals surface area contributed by atoms with Crippen molar-refractivity contribution in [2.75, 3.05) is 7.11 Å². The van der Waals surface area contributed by atoms with Crippen LogP contribution in [0, 0.1) is 6.92 Å². The van der Waals surface area contributed by atoms with E-state index in [1.807, 2.05) is 36.4 Å². The lowest BCUT2D eigenvalue weighted by Crippen LogP contribution is -2.01. The van der Waals surface area contributed by atoms with E-state index in [9.17, 15) is 0 Å². The minimum absolute atomic E-state index is 0.892. The SMILES string of the molecule is COc1ccc(Cn2c(C)cc3ccccc32)cc1.c1ccc2c(c1)O2. The Labute approximate surface area is 153 Å². The molecule has 3 aromatic carbocycles. The second-order valence-electron chi connectivity index (χ2n) is 6.33. The number of fused-ring (bicyclic) bond motifs is 2. The van der Waals surface area contributed by atoms with E-state index >= 15 is 0 Å². The van der Waals surface area contributed by atoms with Crippen LogP contribution in [0.3, 0.4) is 0 Å². The molecule has 0 aliphatic carbocycles. The highest BCUT2D eigenvalue weighted by molar-refractivity contribution is 5.81. The van der Waals surface area contributed by atoms with Crippen molar-refractivity contribution in [3.8, 4) is 17.2 Å². The zero-order valence-corrected chi connectivity index (χ0v) is 15.0. The molecule has 0 fully saturated rings. The largest absolute Gasteiger partial charge is 0.497 e. The molecule has 0 unspecified atom stereocenters. The first kappa shape index (κ1) is 16.3. The van der Waals surface area contributed by atoms with Crippen molar-refractivity contribution >= 4 is 10.9 Å². The molecule has 0 radical (unpaired) electrons. The Balaban J connectivity index is 0.000000198. The molecule has 1 aromatic heterocycles. The lowest BCUT2D eigenvalue weighted by molar-refractivity contribution is 0.414. The topological polar surface area (TPSA) is 26.7 Å². The highest BCUT2D eigenvalue weighted by Gasteiger charge is 2.15. The molecule has 26 heavy (non-hydrogen) atoms. The van der Waals surface area contributed by atoms with Crippen molar-refractivity contribution in [3.63, 3.8) is 0 Å². The molecule has 0 saturated heterocycles. The van der Waals surface area contributed by atoms with Gasteiger partial charge in [0.1, 0.15) is 5.75 Å². The first-order chi connectivity index (χ1) is 12.7. The number of ether oxygens (including phenoxy) is 2. The standard InChI is InChI=1S/C17H17NO.C6H4O/c1-13-11-15-5-3-4-6-17(15)18(13)12-14-7-9-16(19-2)10-8-14;1-2-4-6-5(3-1)7-6/h3-11H,12H2,1-2H3;1-4H. The average Bonchev–Trinajstić information content (AvgIpc) is 3.41. The minimum atomic E-state index is 0.892. The summed E-state index contributed by atoms with van der Waals surface area (Å²) in [6.45, 7) is 3.05. The number of methoxy groups -OCH3 is 1. The molecule has 4 aromatic rings. The maximum absolute atomic E-state index is 5.19. The van der Waals surface area contributed by atoms with Gasteiger partial charge >= 0.3 is 0 Å². The van der Waals surface area contributed by atoms with Gasteiger partial charge in [0.15, 0.2) is 11.5 Å². The molecule has 0 bridgehead atoms. The Bertz CT molecular complexity index is 1010. The number of aryl methyl sites for hydroxylation is 1. The maximum Gasteiger partial charge on any atom is 0.170 e. The van der Waals surface area contributed by atoms with Gasteiger partial charge in [0, 0.05) is 17.8 Å². The van der Waals surface area contributed by atoms with Crippen LogP contribution in [-0.4, -0.2) is 11.7 Å². The minimum Gasteiger partial charge on any atom is -0.497 e. The fourth-order valence-corrected chi connectivity index (χ4v) is 3.08. The number of rotatable bonds is 3. The van der Waals surface area contributed by atoms with Crippen LogP contribution in [-0.2, 0) is 6.54 Å². The Hall–Kier alpha value is -3.20. The van der Waals surface area contributed by atoms with Gasteiger partial charge in [0.2, 0.25) is 0 Å². The van der Waals surface area contributed by atoms with Crippen LogP contribution in [0.25, 0.3) is 10.9 Å². The molecule has 1 aliphatic heterocycles. The van der Waals surface area contributed by atoms with E-state index in [0.29, 0.717) is 0 Å². The summed E-state index contributed by atoms with van der Waals surface area (Å²) in [5.74, 6) is 2.96. The molecular weight excluding hydrogens is 322 g/mol. The molecule has 0 spiro atoms. The van der Waals surface area contributed by atoms with Crippen LogP contribution in [0.4, 0.5) is 0 Å². The summed E-state index contributed by atoms with van der Waals surface area (Å²) in [6, 6.07) is 26.8. The molecule has 3 heteroatoms. The van der Waals surface area contributed by atoms with E-state index in [-0.39, 0.29) is 0 Å². The third-order valence-electron chi connectivity index (χ3n) is 4.54. The third kappa shape index (κ3) is 3.42. The monoisotopic (exact) mass is 343 g/mol. The van der Waals surface area contributed by atoms with E-state index < -0.39 is 0 Å². The normalized spacial score (nSPS) is 11.2. The van der Waals surface area contributed by atoms with Gasteiger partial charge in [0.25, 0.3) is 0 Å². The Morgan fingerprint density at radius 3 is 2.15 bits per heavy atom. The van der Waals surface area contributed by atoms with Gasteiger partial charge in [-0.3, -0.25) is 0 Å². The highest BCUT2D eigenvalue weighted by atomic mass is 16.6. The summed E-state index contributed by atoms with van der Waals surface area (Å²) in [5, 5.41) is 1.30. The molecule has 130 valence electrons. The number of hydrogen-bond acceptors (Lipinski definition) is 2. The highest BCUT2D eigenvalue weighted by Crippen LogP contribution is 2.43. The van der Waals surface area contributed by atoms with E-state index in [1.54, 1.807) is 7.11 Å². The molecule has 3 nitrogen and oxygen atoms in total. The number of aromatic nitrogens is 1. The number of benzene rings is 3. The van der Waals surface area contributed by atoms with E-state index in [1.165, 1.54) is 22.2 Å². The fraction of sp³-hybridized carbons (Fsp3) is 0.130.